The first-order chi connectivity index (χ1) is 8.68. The van der Waals surface area contributed by atoms with Crippen LogP contribution >= 0.6 is 0 Å². The number of nitrogens with two attached hydrogens (primary N) is 1. The normalized spacial score (nSPS) is 13.9. The van der Waals surface area contributed by atoms with Crippen LogP contribution in [0, 0.1) is 0 Å². The summed E-state index contributed by atoms with van der Waals surface area (Å²) < 4.78 is 5.94. The Morgan fingerprint density at radius 3 is 2.17 bits per heavy atom. The lowest BCUT2D eigenvalue weighted by Crippen LogP contribution is -2.33. The minimum atomic E-state index is -0.00476. The number of ether oxygens (including phenoxy) is 1. The van der Waals surface area contributed by atoms with Gasteiger partial charge < -0.3 is 10.5 Å². The molecule has 2 unspecified atom stereocenters. The summed E-state index contributed by atoms with van der Waals surface area (Å²) in [6.07, 6.45) is -0.00476. The summed E-state index contributed by atoms with van der Waals surface area (Å²) in [6.45, 7) is 3.95. The van der Waals surface area contributed by atoms with Gasteiger partial charge in [-0.15, -0.1) is 0 Å². The standard InChI is InChI=1S/C16H19NO/c1-12(17)13(2)18-16-11-7-6-10-15(16)14-8-4-3-5-9-14/h3-13H,17H2,1-2H3. The molecule has 2 rings (SSSR count). The molecule has 94 valence electrons. The van der Waals surface area contributed by atoms with Gasteiger partial charge in [0.15, 0.2) is 0 Å². The van der Waals surface area contributed by atoms with E-state index in [1.165, 1.54) is 0 Å². The lowest BCUT2D eigenvalue weighted by molar-refractivity contribution is 0.197. The Morgan fingerprint density at radius 1 is 0.889 bits per heavy atom. The first-order valence-corrected chi connectivity index (χ1v) is 6.25. The number of para-hydroxylation sites is 1. The van der Waals surface area contributed by atoms with Crippen molar-refractivity contribution in [1.82, 2.24) is 0 Å². The average molecular weight is 241 g/mol. The van der Waals surface area contributed by atoms with Gasteiger partial charge in [0.05, 0.1) is 0 Å². The Kier molecular flexibility index (Phi) is 4.00. The van der Waals surface area contributed by atoms with E-state index in [1.807, 2.05) is 50.2 Å². The Labute approximate surface area is 108 Å². The SMILES string of the molecule is CC(N)C(C)Oc1ccccc1-c1ccccc1. The van der Waals surface area contributed by atoms with Crippen LogP contribution in [0.5, 0.6) is 5.75 Å². The summed E-state index contributed by atoms with van der Waals surface area (Å²) in [5.41, 5.74) is 8.11. The monoisotopic (exact) mass is 241 g/mol. The fraction of sp³-hybridized carbons (Fsp3) is 0.250. The molecule has 0 aliphatic heterocycles. The third-order valence-corrected chi connectivity index (χ3v) is 3.03. The molecule has 2 heteroatoms. The smallest absolute Gasteiger partial charge is 0.127 e. The molecule has 0 bridgehead atoms. The largest absolute Gasteiger partial charge is 0.488 e. The first-order valence-electron chi connectivity index (χ1n) is 6.25. The van der Waals surface area contributed by atoms with Crippen LogP contribution < -0.4 is 10.5 Å². The molecule has 0 aliphatic carbocycles. The predicted octanol–water partition coefficient (Wildman–Crippen LogP) is 3.47. The summed E-state index contributed by atoms with van der Waals surface area (Å²) in [6, 6.07) is 18.3. The van der Waals surface area contributed by atoms with Crippen molar-refractivity contribution in [3.63, 3.8) is 0 Å². The highest BCUT2D eigenvalue weighted by Gasteiger charge is 2.12. The molecule has 0 radical (unpaired) electrons. The Morgan fingerprint density at radius 2 is 1.50 bits per heavy atom. The Bertz CT molecular complexity index is 493. The third kappa shape index (κ3) is 2.90. The van der Waals surface area contributed by atoms with E-state index in [9.17, 15) is 0 Å². The maximum Gasteiger partial charge on any atom is 0.127 e. The van der Waals surface area contributed by atoms with E-state index in [4.69, 9.17) is 10.5 Å². The molecule has 0 fully saturated rings. The Balaban J connectivity index is 2.32. The van der Waals surface area contributed by atoms with Gasteiger partial charge >= 0.3 is 0 Å². The van der Waals surface area contributed by atoms with Gasteiger partial charge in [-0.3, -0.25) is 0 Å². The molecule has 0 spiro atoms. The van der Waals surface area contributed by atoms with E-state index >= 15 is 0 Å². The fourth-order valence-corrected chi connectivity index (χ4v) is 1.73. The van der Waals surface area contributed by atoms with Crippen molar-refractivity contribution in [3.8, 4) is 16.9 Å². The molecule has 0 aromatic heterocycles. The van der Waals surface area contributed by atoms with E-state index in [1.54, 1.807) is 0 Å². The molecule has 0 saturated carbocycles. The fourth-order valence-electron chi connectivity index (χ4n) is 1.73. The molecule has 0 amide bonds. The quantitative estimate of drug-likeness (QED) is 0.889. The molecule has 0 saturated heterocycles. The number of hydrogen-bond donors (Lipinski definition) is 1. The molecule has 0 aliphatic rings. The predicted molar refractivity (Wildman–Crippen MR) is 75.6 cm³/mol. The Hall–Kier alpha value is -1.80. The van der Waals surface area contributed by atoms with Gasteiger partial charge in [-0.25, -0.2) is 0 Å². The summed E-state index contributed by atoms with van der Waals surface area (Å²) in [5.74, 6) is 0.883. The van der Waals surface area contributed by atoms with Gasteiger partial charge in [0.25, 0.3) is 0 Å². The van der Waals surface area contributed by atoms with E-state index in [0.29, 0.717) is 0 Å². The van der Waals surface area contributed by atoms with Crippen LogP contribution in [0.3, 0.4) is 0 Å². The van der Waals surface area contributed by atoms with Crippen molar-refractivity contribution in [3.05, 3.63) is 54.6 Å². The van der Waals surface area contributed by atoms with Crippen molar-refractivity contribution in [2.75, 3.05) is 0 Å². The van der Waals surface area contributed by atoms with Gasteiger partial charge in [0, 0.05) is 11.6 Å². The highest BCUT2D eigenvalue weighted by molar-refractivity contribution is 5.70. The molecule has 2 atom stereocenters. The van der Waals surface area contributed by atoms with Crippen molar-refractivity contribution < 1.29 is 4.74 Å². The lowest BCUT2D eigenvalue weighted by Gasteiger charge is -2.20. The maximum absolute atomic E-state index is 5.94. The van der Waals surface area contributed by atoms with Gasteiger partial charge in [-0.2, -0.15) is 0 Å². The molecular weight excluding hydrogens is 222 g/mol. The molecule has 2 aromatic carbocycles. The second-order valence-corrected chi connectivity index (χ2v) is 4.54. The highest BCUT2D eigenvalue weighted by Crippen LogP contribution is 2.30. The van der Waals surface area contributed by atoms with Crippen LogP contribution in [-0.2, 0) is 0 Å². The molecule has 0 heterocycles. The van der Waals surface area contributed by atoms with Crippen LogP contribution in [0.4, 0.5) is 0 Å². The van der Waals surface area contributed by atoms with E-state index < -0.39 is 0 Å². The van der Waals surface area contributed by atoms with Crippen LogP contribution in [0.25, 0.3) is 11.1 Å². The van der Waals surface area contributed by atoms with Gasteiger partial charge in [0.2, 0.25) is 0 Å². The molecule has 2 N–H and O–H groups in total. The van der Waals surface area contributed by atoms with Gasteiger partial charge in [-0.05, 0) is 25.5 Å². The summed E-state index contributed by atoms with van der Waals surface area (Å²) in [5, 5.41) is 0. The second-order valence-electron chi connectivity index (χ2n) is 4.54. The van der Waals surface area contributed by atoms with E-state index in [-0.39, 0.29) is 12.1 Å². The zero-order valence-electron chi connectivity index (χ0n) is 10.8. The van der Waals surface area contributed by atoms with Crippen LogP contribution in [0.2, 0.25) is 0 Å². The number of benzene rings is 2. The molecule has 2 aromatic rings. The van der Waals surface area contributed by atoms with Crippen molar-refractivity contribution >= 4 is 0 Å². The zero-order valence-corrected chi connectivity index (χ0v) is 10.8. The van der Waals surface area contributed by atoms with Crippen molar-refractivity contribution in [1.29, 1.82) is 0 Å². The minimum absolute atomic E-state index is 0.00476. The van der Waals surface area contributed by atoms with Crippen molar-refractivity contribution in [2.45, 2.75) is 26.0 Å². The third-order valence-electron chi connectivity index (χ3n) is 3.03. The van der Waals surface area contributed by atoms with E-state index in [2.05, 4.69) is 18.2 Å². The minimum Gasteiger partial charge on any atom is -0.488 e. The number of rotatable bonds is 4. The average Bonchev–Trinajstić information content (AvgIpc) is 2.40. The lowest BCUT2D eigenvalue weighted by atomic mass is 10.0. The summed E-state index contributed by atoms with van der Waals surface area (Å²) >= 11 is 0. The first kappa shape index (κ1) is 12.7. The zero-order chi connectivity index (χ0) is 13.0. The topological polar surface area (TPSA) is 35.2 Å². The summed E-state index contributed by atoms with van der Waals surface area (Å²) in [7, 11) is 0. The maximum atomic E-state index is 5.94. The molecular formula is C16H19NO. The van der Waals surface area contributed by atoms with E-state index in [0.717, 1.165) is 16.9 Å². The molecule has 18 heavy (non-hydrogen) atoms. The second kappa shape index (κ2) is 5.69. The molecule has 2 nitrogen and oxygen atoms in total. The van der Waals surface area contributed by atoms with Crippen LogP contribution in [-0.4, -0.2) is 12.1 Å². The van der Waals surface area contributed by atoms with Gasteiger partial charge in [-0.1, -0.05) is 48.5 Å². The van der Waals surface area contributed by atoms with Gasteiger partial charge in [0.1, 0.15) is 11.9 Å². The van der Waals surface area contributed by atoms with Crippen LogP contribution in [0.15, 0.2) is 54.6 Å². The number of hydrogen-bond acceptors (Lipinski definition) is 2. The highest BCUT2D eigenvalue weighted by atomic mass is 16.5. The summed E-state index contributed by atoms with van der Waals surface area (Å²) in [4.78, 5) is 0. The van der Waals surface area contributed by atoms with Crippen LogP contribution in [0.1, 0.15) is 13.8 Å². The van der Waals surface area contributed by atoms with Crippen molar-refractivity contribution in [2.24, 2.45) is 5.73 Å².